The van der Waals surface area contributed by atoms with Crippen molar-refractivity contribution in [2.75, 3.05) is 37.5 Å². The molecule has 0 spiro atoms. The lowest BCUT2D eigenvalue weighted by molar-refractivity contribution is 0.308. The van der Waals surface area contributed by atoms with Crippen LogP contribution in [0.5, 0.6) is 0 Å². The van der Waals surface area contributed by atoms with Crippen LogP contribution in [0, 0.1) is 0 Å². The Morgan fingerprint density at radius 2 is 1.53 bits per heavy atom. The minimum Gasteiger partial charge on any atom is -0.368 e. The van der Waals surface area contributed by atoms with Gasteiger partial charge in [0.15, 0.2) is 0 Å². The molecule has 0 fully saturated rings. The zero-order valence-corrected chi connectivity index (χ0v) is 10.0. The summed E-state index contributed by atoms with van der Waals surface area (Å²) in [5, 5.41) is 0. The number of anilines is 3. The van der Waals surface area contributed by atoms with Gasteiger partial charge < -0.3 is 27.0 Å². The van der Waals surface area contributed by atoms with Crippen molar-refractivity contribution < 1.29 is 0 Å². The third kappa shape index (κ3) is 4.41. The monoisotopic (exact) mass is 238 g/mol. The van der Waals surface area contributed by atoms with Gasteiger partial charge in [-0.05, 0) is 6.92 Å². The maximum Gasteiger partial charge on any atom is 0.226 e. The summed E-state index contributed by atoms with van der Waals surface area (Å²) in [5.74, 6) is 0.125. The summed E-state index contributed by atoms with van der Waals surface area (Å²) < 4.78 is 0. The molecule has 1 aliphatic heterocycles. The highest BCUT2D eigenvalue weighted by atomic mass is 15.3. The van der Waals surface area contributed by atoms with Crippen molar-refractivity contribution in [3.05, 3.63) is 12.4 Å². The molecule has 0 saturated heterocycles. The number of nitrogen functional groups attached to an aromatic ring is 3. The second-order valence-electron chi connectivity index (χ2n) is 3.51. The van der Waals surface area contributed by atoms with Crippen LogP contribution < -0.4 is 17.2 Å². The lowest BCUT2D eigenvalue weighted by atomic mass is 10.6. The molecule has 1 aromatic heterocycles. The van der Waals surface area contributed by atoms with E-state index in [1.54, 1.807) is 0 Å². The molecule has 0 amide bonds. The molecule has 2 rings (SSSR count). The van der Waals surface area contributed by atoms with Crippen molar-refractivity contribution in [1.29, 1.82) is 0 Å². The van der Waals surface area contributed by atoms with Crippen molar-refractivity contribution in [2.45, 2.75) is 6.92 Å². The van der Waals surface area contributed by atoms with E-state index in [2.05, 4.69) is 51.1 Å². The maximum atomic E-state index is 5.14. The van der Waals surface area contributed by atoms with Crippen molar-refractivity contribution in [1.82, 2.24) is 24.8 Å². The quantitative estimate of drug-likeness (QED) is 0.587. The molecule has 94 valence electrons. The standard InChI is InChI=1S/C6H12N2.C3H6N6/c1-3-8-5-4-7(2)6-8;4-1-7-2(5)9-3(6)8-1/h4-5H,3,6H2,1-2H3;(H6,4,5,6,7,8,9). The molecule has 1 aromatic rings. The largest absolute Gasteiger partial charge is 0.368 e. The van der Waals surface area contributed by atoms with E-state index in [4.69, 9.17) is 17.2 Å². The van der Waals surface area contributed by atoms with Gasteiger partial charge in [-0.15, -0.1) is 0 Å². The maximum absolute atomic E-state index is 5.14. The molecule has 1 aliphatic rings. The fraction of sp³-hybridized carbons (Fsp3) is 0.444. The van der Waals surface area contributed by atoms with Crippen molar-refractivity contribution in [3.63, 3.8) is 0 Å². The van der Waals surface area contributed by atoms with Crippen LogP contribution in [0.1, 0.15) is 6.92 Å². The van der Waals surface area contributed by atoms with E-state index in [-0.39, 0.29) is 17.8 Å². The summed E-state index contributed by atoms with van der Waals surface area (Å²) in [6.45, 7) is 4.32. The summed E-state index contributed by atoms with van der Waals surface area (Å²) in [6, 6.07) is 0. The minimum atomic E-state index is 0.0417. The van der Waals surface area contributed by atoms with Gasteiger partial charge in [0.1, 0.15) is 0 Å². The third-order valence-corrected chi connectivity index (χ3v) is 2.03. The van der Waals surface area contributed by atoms with Gasteiger partial charge in [0.05, 0.1) is 6.67 Å². The van der Waals surface area contributed by atoms with Gasteiger partial charge in [-0.25, -0.2) is 0 Å². The Labute approximate surface area is 100 Å². The number of nitrogens with two attached hydrogens (primary N) is 3. The van der Waals surface area contributed by atoms with E-state index in [9.17, 15) is 0 Å². The van der Waals surface area contributed by atoms with Gasteiger partial charge in [0.2, 0.25) is 17.8 Å². The molecule has 17 heavy (non-hydrogen) atoms. The van der Waals surface area contributed by atoms with Crippen molar-refractivity contribution in [3.8, 4) is 0 Å². The minimum absolute atomic E-state index is 0.0417. The Bertz CT molecular complexity index is 340. The van der Waals surface area contributed by atoms with Crippen LogP contribution in [0.25, 0.3) is 0 Å². The number of nitrogens with zero attached hydrogens (tertiary/aromatic N) is 5. The number of hydrogen-bond acceptors (Lipinski definition) is 8. The van der Waals surface area contributed by atoms with Gasteiger partial charge in [0, 0.05) is 26.0 Å². The first-order valence-corrected chi connectivity index (χ1v) is 5.16. The highest BCUT2D eigenvalue weighted by Gasteiger charge is 2.03. The number of hydrogen-bond donors (Lipinski definition) is 3. The van der Waals surface area contributed by atoms with Gasteiger partial charge in [-0.2, -0.15) is 15.0 Å². The molecular formula is C9H18N8. The zero-order valence-electron chi connectivity index (χ0n) is 10.0. The van der Waals surface area contributed by atoms with Crippen LogP contribution in [0.2, 0.25) is 0 Å². The van der Waals surface area contributed by atoms with Crippen LogP contribution in [0.4, 0.5) is 17.8 Å². The average molecular weight is 238 g/mol. The summed E-state index contributed by atoms with van der Waals surface area (Å²) in [4.78, 5) is 14.9. The molecule has 0 bridgehead atoms. The normalized spacial score (nSPS) is 13.5. The second-order valence-corrected chi connectivity index (χ2v) is 3.51. The highest BCUT2D eigenvalue weighted by molar-refractivity contribution is 5.33. The Balaban J connectivity index is 0.000000171. The van der Waals surface area contributed by atoms with Gasteiger partial charge in [-0.3, -0.25) is 0 Å². The Hall–Kier alpha value is -2.25. The van der Waals surface area contributed by atoms with Gasteiger partial charge in [-0.1, -0.05) is 0 Å². The molecule has 0 saturated carbocycles. The Morgan fingerprint density at radius 1 is 1.06 bits per heavy atom. The summed E-state index contributed by atoms with van der Waals surface area (Å²) in [6.07, 6.45) is 4.20. The molecule has 8 nitrogen and oxygen atoms in total. The zero-order chi connectivity index (χ0) is 12.8. The van der Waals surface area contributed by atoms with E-state index in [0.29, 0.717) is 0 Å². The topological polar surface area (TPSA) is 123 Å². The molecule has 0 aliphatic carbocycles. The first-order chi connectivity index (χ1) is 8.01. The van der Waals surface area contributed by atoms with Crippen LogP contribution in [-0.2, 0) is 0 Å². The van der Waals surface area contributed by atoms with Crippen molar-refractivity contribution >= 4 is 17.8 Å². The number of rotatable bonds is 1. The summed E-state index contributed by atoms with van der Waals surface area (Å²) in [7, 11) is 2.08. The highest BCUT2D eigenvalue weighted by Crippen LogP contribution is 2.01. The first-order valence-electron chi connectivity index (χ1n) is 5.16. The van der Waals surface area contributed by atoms with E-state index in [1.807, 2.05) is 0 Å². The summed E-state index contributed by atoms with van der Waals surface area (Å²) in [5.41, 5.74) is 15.4. The lowest BCUT2D eigenvalue weighted by Crippen LogP contribution is -2.21. The van der Waals surface area contributed by atoms with Crippen molar-refractivity contribution in [2.24, 2.45) is 0 Å². The molecule has 6 N–H and O–H groups in total. The molecule has 0 atom stereocenters. The number of aromatic nitrogens is 3. The molecule has 8 heteroatoms. The second kappa shape index (κ2) is 5.73. The molecular weight excluding hydrogens is 220 g/mol. The van der Waals surface area contributed by atoms with Gasteiger partial charge in [0.25, 0.3) is 0 Å². The summed E-state index contributed by atoms with van der Waals surface area (Å²) >= 11 is 0. The van der Waals surface area contributed by atoms with E-state index in [1.165, 1.54) is 0 Å². The molecule has 0 aromatic carbocycles. The van der Waals surface area contributed by atoms with Crippen LogP contribution in [0.15, 0.2) is 12.4 Å². The predicted molar refractivity (Wildman–Crippen MR) is 67.2 cm³/mol. The molecule has 0 unspecified atom stereocenters. The van der Waals surface area contributed by atoms with E-state index >= 15 is 0 Å². The smallest absolute Gasteiger partial charge is 0.226 e. The van der Waals surface area contributed by atoms with Crippen LogP contribution >= 0.6 is 0 Å². The van der Waals surface area contributed by atoms with Gasteiger partial charge >= 0.3 is 0 Å². The average Bonchev–Trinajstić information content (AvgIpc) is 2.63. The predicted octanol–water partition coefficient (Wildman–Crippen LogP) is -0.699. The van der Waals surface area contributed by atoms with Crippen LogP contribution in [0.3, 0.4) is 0 Å². The van der Waals surface area contributed by atoms with E-state index in [0.717, 1.165) is 13.2 Å². The third-order valence-electron chi connectivity index (χ3n) is 2.03. The van der Waals surface area contributed by atoms with Crippen LogP contribution in [-0.4, -0.2) is 45.0 Å². The Morgan fingerprint density at radius 3 is 1.76 bits per heavy atom. The SMILES string of the molecule is CCN1C=CN(C)C1.Nc1nc(N)nc(N)n1. The fourth-order valence-corrected chi connectivity index (χ4v) is 1.22. The molecule has 0 radical (unpaired) electrons. The Kier molecular flexibility index (Phi) is 4.32. The lowest BCUT2D eigenvalue weighted by Gasteiger charge is -2.14. The fourth-order valence-electron chi connectivity index (χ4n) is 1.22. The molecule has 2 heterocycles. The first kappa shape index (κ1) is 12.8. The van der Waals surface area contributed by atoms with E-state index < -0.39 is 0 Å².